The second-order valence-corrected chi connectivity index (χ2v) is 6.09. The fraction of sp³-hybridized carbons (Fsp3) is 0.200. The van der Waals surface area contributed by atoms with Crippen molar-refractivity contribution >= 4 is 5.91 Å². The van der Waals surface area contributed by atoms with Gasteiger partial charge in [0.05, 0.1) is 18.5 Å². The van der Waals surface area contributed by atoms with Crippen molar-refractivity contribution in [3.63, 3.8) is 0 Å². The first-order valence-corrected chi connectivity index (χ1v) is 8.24. The monoisotopic (exact) mass is 334 g/mol. The molecule has 0 radical (unpaired) electrons. The van der Waals surface area contributed by atoms with Crippen molar-refractivity contribution in [2.45, 2.75) is 19.4 Å². The third-order valence-corrected chi connectivity index (χ3v) is 4.33. The van der Waals surface area contributed by atoms with Gasteiger partial charge in [0.2, 0.25) is 0 Å². The number of rotatable bonds is 4. The number of nitrogens with one attached hydrogen (secondary N) is 1. The smallest absolute Gasteiger partial charge is 0.287 e. The SMILES string of the molecule is Cc1cccnc1-c1cccc2c1O[C@H](CNC(=O)c1ccco1)C2. The lowest BCUT2D eigenvalue weighted by molar-refractivity contribution is 0.0906. The first-order valence-electron chi connectivity index (χ1n) is 8.24. The summed E-state index contributed by atoms with van der Waals surface area (Å²) in [5, 5.41) is 2.86. The molecule has 1 amide bonds. The molecule has 0 spiro atoms. The molecule has 1 N–H and O–H groups in total. The molecule has 25 heavy (non-hydrogen) atoms. The molecular weight excluding hydrogens is 316 g/mol. The number of nitrogens with zero attached hydrogens (tertiary/aromatic N) is 1. The molecule has 1 aliphatic rings. The normalized spacial score (nSPS) is 15.5. The summed E-state index contributed by atoms with van der Waals surface area (Å²) < 4.78 is 11.2. The molecule has 3 heterocycles. The number of hydrogen-bond donors (Lipinski definition) is 1. The Morgan fingerprint density at radius 3 is 2.96 bits per heavy atom. The summed E-state index contributed by atoms with van der Waals surface area (Å²) in [6.45, 7) is 2.46. The second-order valence-electron chi connectivity index (χ2n) is 6.09. The summed E-state index contributed by atoms with van der Waals surface area (Å²) in [6, 6.07) is 13.4. The molecule has 5 heteroatoms. The Hall–Kier alpha value is -3.08. The van der Waals surface area contributed by atoms with E-state index in [-0.39, 0.29) is 12.0 Å². The number of aromatic nitrogens is 1. The number of benzene rings is 1. The first kappa shape index (κ1) is 15.4. The highest BCUT2D eigenvalue weighted by Crippen LogP contribution is 2.38. The summed E-state index contributed by atoms with van der Waals surface area (Å²) in [6.07, 6.45) is 3.93. The van der Waals surface area contributed by atoms with Crippen molar-refractivity contribution in [3.8, 4) is 17.0 Å². The molecule has 0 fully saturated rings. The van der Waals surface area contributed by atoms with E-state index in [2.05, 4.69) is 16.4 Å². The molecule has 3 aromatic rings. The summed E-state index contributed by atoms with van der Waals surface area (Å²) in [4.78, 5) is 16.5. The summed E-state index contributed by atoms with van der Waals surface area (Å²) in [5.74, 6) is 0.937. The van der Waals surface area contributed by atoms with E-state index in [0.29, 0.717) is 12.3 Å². The number of ether oxygens (including phenoxy) is 1. The van der Waals surface area contributed by atoms with Crippen molar-refractivity contribution in [2.24, 2.45) is 0 Å². The fourth-order valence-corrected chi connectivity index (χ4v) is 3.11. The molecule has 0 saturated heterocycles. The molecule has 0 unspecified atom stereocenters. The van der Waals surface area contributed by atoms with Crippen molar-refractivity contribution in [1.29, 1.82) is 0 Å². The molecule has 4 rings (SSSR count). The minimum Gasteiger partial charge on any atom is -0.487 e. The predicted molar refractivity (Wildman–Crippen MR) is 93.6 cm³/mol. The van der Waals surface area contributed by atoms with Crippen LogP contribution in [0.2, 0.25) is 0 Å². The molecule has 2 aromatic heterocycles. The lowest BCUT2D eigenvalue weighted by Crippen LogP contribution is -2.34. The number of furan rings is 1. The average molecular weight is 334 g/mol. The number of carbonyl (C=O) groups excluding carboxylic acids is 1. The lowest BCUT2D eigenvalue weighted by atomic mass is 10.0. The van der Waals surface area contributed by atoms with Gasteiger partial charge in [-0.15, -0.1) is 0 Å². The molecule has 0 bridgehead atoms. The van der Waals surface area contributed by atoms with E-state index in [1.807, 2.05) is 31.2 Å². The maximum atomic E-state index is 12.0. The van der Waals surface area contributed by atoms with E-state index < -0.39 is 0 Å². The highest BCUT2D eigenvalue weighted by molar-refractivity contribution is 5.91. The van der Waals surface area contributed by atoms with Gasteiger partial charge in [-0.1, -0.05) is 18.2 Å². The Kier molecular flexibility index (Phi) is 3.98. The third-order valence-electron chi connectivity index (χ3n) is 4.33. The van der Waals surface area contributed by atoms with Crippen LogP contribution >= 0.6 is 0 Å². The Balaban J connectivity index is 1.50. The molecule has 0 aliphatic carbocycles. The van der Waals surface area contributed by atoms with Gasteiger partial charge in [0, 0.05) is 18.2 Å². The average Bonchev–Trinajstić information content (AvgIpc) is 3.29. The van der Waals surface area contributed by atoms with E-state index in [0.717, 1.165) is 34.6 Å². The first-order chi connectivity index (χ1) is 12.2. The van der Waals surface area contributed by atoms with Gasteiger partial charge in [-0.25, -0.2) is 0 Å². The van der Waals surface area contributed by atoms with Gasteiger partial charge < -0.3 is 14.5 Å². The molecule has 1 aromatic carbocycles. The molecule has 126 valence electrons. The zero-order chi connectivity index (χ0) is 17.2. The van der Waals surface area contributed by atoms with Crippen LogP contribution in [0.5, 0.6) is 5.75 Å². The van der Waals surface area contributed by atoms with E-state index in [4.69, 9.17) is 9.15 Å². The zero-order valence-corrected chi connectivity index (χ0v) is 13.9. The molecule has 5 nitrogen and oxygen atoms in total. The van der Waals surface area contributed by atoms with Gasteiger partial charge >= 0.3 is 0 Å². The van der Waals surface area contributed by atoms with Gasteiger partial charge in [0.1, 0.15) is 11.9 Å². The van der Waals surface area contributed by atoms with Crippen LogP contribution < -0.4 is 10.1 Å². The second kappa shape index (κ2) is 6.43. The highest BCUT2D eigenvalue weighted by atomic mass is 16.5. The van der Waals surface area contributed by atoms with Gasteiger partial charge in [-0.2, -0.15) is 0 Å². The van der Waals surface area contributed by atoms with Crippen LogP contribution in [0.4, 0.5) is 0 Å². The number of fused-ring (bicyclic) bond motifs is 1. The van der Waals surface area contributed by atoms with Gasteiger partial charge in [0.25, 0.3) is 5.91 Å². The van der Waals surface area contributed by atoms with Crippen molar-refractivity contribution in [3.05, 3.63) is 71.8 Å². The van der Waals surface area contributed by atoms with Crippen LogP contribution in [0.25, 0.3) is 11.3 Å². The van der Waals surface area contributed by atoms with Crippen LogP contribution in [0, 0.1) is 6.92 Å². The molecule has 1 atom stereocenters. The Morgan fingerprint density at radius 2 is 2.16 bits per heavy atom. The van der Waals surface area contributed by atoms with Crippen LogP contribution in [-0.2, 0) is 6.42 Å². The fourth-order valence-electron chi connectivity index (χ4n) is 3.11. The van der Waals surface area contributed by atoms with Crippen molar-refractivity contribution in [1.82, 2.24) is 10.3 Å². The van der Waals surface area contributed by atoms with E-state index in [1.54, 1.807) is 18.3 Å². The number of pyridine rings is 1. The Bertz CT molecular complexity index is 903. The number of carbonyl (C=O) groups is 1. The van der Waals surface area contributed by atoms with Crippen molar-refractivity contribution < 1.29 is 13.9 Å². The quantitative estimate of drug-likeness (QED) is 0.794. The predicted octanol–water partition coefficient (Wildman–Crippen LogP) is 3.38. The van der Waals surface area contributed by atoms with Gasteiger partial charge in [0.15, 0.2) is 5.76 Å². The zero-order valence-electron chi connectivity index (χ0n) is 13.9. The highest BCUT2D eigenvalue weighted by Gasteiger charge is 2.27. The van der Waals surface area contributed by atoms with Gasteiger partial charge in [-0.3, -0.25) is 9.78 Å². The summed E-state index contributed by atoms with van der Waals surface area (Å²) in [5.41, 5.74) is 4.17. The van der Waals surface area contributed by atoms with E-state index in [1.165, 1.54) is 6.26 Å². The summed E-state index contributed by atoms with van der Waals surface area (Å²) in [7, 11) is 0. The molecular formula is C20H18N2O3. The topological polar surface area (TPSA) is 64.4 Å². The van der Waals surface area contributed by atoms with E-state index in [9.17, 15) is 4.79 Å². The van der Waals surface area contributed by atoms with Gasteiger partial charge in [-0.05, 0) is 42.3 Å². The van der Waals surface area contributed by atoms with Crippen LogP contribution in [-0.4, -0.2) is 23.5 Å². The van der Waals surface area contributed by atoms with E-state index >= 15 is 0 Å². The minimum atomic E-state index is -0.231. The minimum absolute atomic E-state index is 0.0981. The van der Waals surface area contributed by atoms with Crippen molar-refractivity contribution in [2.75, 3.05) is 6.54 Å². The molecule has 1 aliphatic heterocycles. The Labute approximate surface area is 145 Å². The number of aryl methyl sites for hydroxylation is 1. The summed E-state index contributed by atoms with van der Waals surface area (Å²) >= 11 is 0. The maximum Gasteiger partial charge on any atom is 0.287 e. The van der Waals surface area contributed by atoms with Crippen LogP contribution in [0.15, 0.2) is 59.3 Å². The largest absolute Gasteiger partial charge is 0.487 e. The Morgan fingerprint density at radius 1 is 1.24 bits per heavy atom. The van der Waals surface area contributed by atoms with Crippen LogP contribution in [0.1, 0.15) is 21.7 Å². The molecule has 0 saturated carbocycles. The number of hydrogen-bond acceptors (Lipinski definition) is 4. The third kappa shape index (κ3) is 3.01. The van der Waals surface area contributed by atoms with Crippen LogP contribution in [0.3, 0.4) is 0 Å². The maximum absolute atomic E-state index is 12.0. The number of para-hydroxylation sites is 1. The standard InChI is InChI=1S/C20H18N2O3/c1-13-5-3-9-21-18(13)16-7-2-6-14-11-15(25-19(14)16)12-22-20(23)17-8-4-10-24-17/h2-10,15H,11-12H2,1H3,(H,22,23)/t15-/m0/s1. The number of amides is 1. The lowest BCUT2D eigenvalue weighted by Gasteiger charge is -2.13.